The van der Waals surface area contributed by atoms with Crippen LogP contribution in [0.3, 0.4) is 0 Å². The Morgan fingerprint density at radius 2 is 1.61 bits per heavy atom. The van der Waals surface area contributed by atoms with Gasteiger partial charge in [-0.3, -0.25) is 9.59 Å². The Balaban J connectivity index is 1.19. The topological polar surface area (TPSA) is 139 Å². The number of methoxy groups -OCH3 is 1. The van der Waals surface area contributed by atoms with Gasteiger partial charge in [0.25, 0.3) is 0 Å². The minimum Gasteiger partial charge on any atom is -0.466 e. The van der Waals surface area contributed by atoms with Crippen LogP contribution in [-0.2, 0) is 30.3 Å². The molecule has 0 saturated heterocycles. The highest BCUT2D eigenvalue weighted by Crippen LogP contribution is 2.54. The largest absolute Gasteiger partial charge is 0.466 e. The van der Waals surface area contributed by atoms with Gasteiger partial charge in [-0.2, -0.15) is 0 Å². The molecule has 0 unspecified atom stereocenters. The number of carbonyl (C=O) groups excluding carboxylic acids is 4. The fourth-order valence-electron chi connectivity index (χ4n) is 8.04. The number of fused-ring (bicyclic) bond motifs is 1. The van der Waals surface area contributed by atoms with Crippen molar-refractivity contribution in [3.05, 3.63) is 84.1 Å². The predicted octanol–water partition coefficient (Wildman–Crippen LogP) is 4.72. The number of nitrogens with one attached hydrogen (secondary N) is 4. The Bertz CT molecular complexity index is 1590. The smallest absolute Gasteiger partial charge is 0.408 e. The molecule has 3 amide bonds. The normalized spacial score (nSPS) is 25.0. The number of aromatic nitrogens is 1. The SMILES string of the molecule is COC(=O)C=CC(=O)N[C@@H](CNC(=O)[C@@](C)(Cc1c[nH]c2ccccc12)NC(=O)OC1C2CC3CC(C2)CC1C3)c1ccccc1. The highest BCUT2D eigenvalue weighted by molar-refractivity contribution is 5.95. The van der Waals surface area contributed by atoms with E-state index in [1.807, 2.05) is 60.8 Å². The van der Waals surface area contributed by atoms with Crippen LogP contribution in [0.2, 0.25) is 0 Å². The van der Waals surface area contributed by atoms with Crippen LogP contribution in [0, 0.1) is 23.7 Å². The lowest BCUT2D eigenvalue weighted by molar-refractivity contribution is -0.135. The van der Waals surface area contributed by atoms with E-state index in [4.69, 9.17) is 4.74 Å². The van der Waals surface area contributed by atoms with Crippen molar-refractivity contribution >= 4 is 34.8 Å². The second kappa shape index (κ2) is 13.4. The third-order valence-electron chi connectivity index (χ3n) is 10.0. The van der Waals surface area contributed by atoms with Gasteiger partial charge in [0.2, 0.25) is 11.8 Å². The van der Waals surface area contributed by atoms with E-state index < -0.39 is 35.5 Å². The van der Waals surface area contributed by atoms with E-state index in [9.17, 15) is 19.2 Å². The molecule has 4 aliphatic carbocycles. The molecule has 4 bridgehead atoms. The summed E-state index contributed by atoms with van der Waals surface area (Å²) < 4.78 is 10.7. The minimum absolute atomic E-state index is 0.0381. The number of amides is 3. The predicted molar refractivity (Wildman–Crippen MR) is 172 cm³/mol. The van der Waals surface area contributed by atoms with Gasteiger partial charge < -0.3 is 30.4 Å². The Morgan fingerprint density at radius 3 is 2.30 bits per heavy atom. The maximum atomic E-state index is 14.1. The molecule has 4 fully saturated rings. The summed E-state index contributed by atoms with van der Waals surface area (Å²) in [7, 11) is 1.23. The maximum absolute atomic E-state index is 14.1. The van der Waals surface area contributed by atoms with E-state index in [1.54, 1.807) is 6.92 Å². The molecule has 7 rings (SSSR count). The molecule has 4 N–H and O–H groups in total. The van der Waals surface area contributed by atoms with Crippen LogP contribution in [0.25, 0.3) is 10.9 Å². The standard InChI is InChI=1S/C36H42N4O6/c1-36(19-27-20-37-29-11-7-6-10-28(27)29,40-35(44)46-33-25-15-22-14-23(17-25)18-26(33)16-22)34(43)38-21-30(24-8-4-3-5-9-24)39-31(41)12-13-32(42)45-2/h3-13,20,22-23,25-26,30,33,37H,14-19,21H2,1-2H3,(H,38,43)(H,39,41)(H,40,44)/t22?,23?,25?,26?,30-,33?,36+/m0/s1. The Kier molecular flexibility index (Phi) is 9.15. The lowest BCUT2D eigenvalue weighted by Gasteiger charge is -2.53. The highest BCUT2D eigenvalue weighted by atomic mass is 16.6. The number of alkyl carbamates (subject to hydrolysis) is 1. The number of H-pyrrole nitrogens is 1. The molecule has 10 nitrogen and oxygen atoms in total. The number of esters is 1. The van der Waals surface area contributed by atoms with E-state index in [2.05, 4.69) is 25.7 Å². The van der Waals surface area contributed by atoms with Crippen LogP contribution in [-0.4, -0.2) is 54.2 Å². The van der Waals surface area contributed by atoms with Gasteiger partial charge in [-0.1, -0.05) is 48.5 Å². The summed E-state index contributed by atoms with van der Waals surface area (Å²) in [6.45, 7) is 1.74. The molecule has 3 aromatic rings. The summed E-state index contributed by atoms with van der Waals surface area (Å²) in [5.41, 5.74) is 1.20. The first-order valence-electron chi connectivity index (χ1n) is 16.1. The molecule has 46 heavy (non-hydrogen) atoms. The van der Waals surface area contributed by atoms with E-state index >= 15 is 0 Å². The Hall–Kier alpha value is -4.60. The number of rotatable bonds is 11. The summed E-state index contributed by atoms with van der Waals surface area (Å²) in [6.07, 6.45) is 9.24. The van der Waals surface area contributed by atoms with Crippen LogP contribution in [0.5, 0.6) is 0 Å². The van der Waals surface area contributed by atoms with Crippen LogP contribution < -0.4 is 16.0 Å². The highest BCUT2D eigenvalue weighted by Gasteiger charge is 2.50. The second-order valence-corrected chi connectivity index (χ2v) is 13.3. The monoisotopic (exact) mass is 626 g/mol. The van der Waals surface area contributed by atoms with Gasteiger partial charge in [0.1, 0.15) is 11.6 Å². The Labute approximate surface area is 268 Å². The van der Waals surface area contributed by atoms with E-state index in [0.29, 0.717) is 11.8 Å². The zero-order valence-electron chi connectivity index (χ0n) is 26.3. The first kappa shape index (κ1) is 31.4. The average molecular weight is 627 g/mol. The number of benzene rings is 2. The summed E-state index contributed by atoms with van der Waals surface area (Å²) >= 11 is 0. The number of aromatic amines is 1. The van der Waals surface area contributed by atoms with Gasteiger partial charge in [0.15, 0.2) is 0 Å². The molecule has 4 saturated carbocycles. The lowest BCUT2D eigenvalue weighted by atomic mass is 9.55. The average Bonchev–Trinajstić information content (AvgIpc) is 3.45. The third kappa shape index (κ3) is 6.95. The summed E-state index contributed by atoms with van der Waals surface area (Å²) in [5, 5.41) is 9.75. The van der Waals surface area contributed by atoms with Crippen molar-refractivity contribution in [2.75, 3.05) is 13.7 Å². The molecule has 10 heteroatoms. The van der Waals surface area contributed by atoms with Crippen LogP contribution in [0.1, 0.15) is 56.2 Å². The van der Waals surface area contributed by atoms with Gasteiger partial charge in [-0.25, -0.2) is 9.59 Å². The van der Waals surface area contributed by atoms with Crippen molar-refractivity contribution in [3.63, 3.8) is 0 Å². The Morgan fingerprint density at radius 1 is 0.935 bits per heavy atom. The summed E-state index contributed by atoms with van der Waals surface area (Å²) in [5.74, 6) is 0.680. The van der Waals surface area contributed by atoms with Gasteiger partial charge in [0, 0.05) is 42.2 Å². The molecular formula is C36H42N4O6. The van der Waals surface area contributed by atoms with Gasteiger partial charge in [-0.15, -0.1) is 0 Å². The number of carbonyl (C=O) groups is 4. The zero-order valence-corrected chi connectivity index (χ0v) is 26.3. The van der Waals surface area contributed by atoms with Gasteiger partial charge >= 0.3 is 12.1 Å². The molecule has 4 aliphatic rings. The van der Waals surface area contributed by atoms with Crippen molar-refractivity contribution in [1.82, 2.24) is 20.9 Å². The van der Waals surface area contributed by atoms with Crippen molar-refractivity contribution in [2.45, 2.75) is 63.1 Å². The van der Waals surface area contributed by atoms with Crippen molar-refractivity contribution in [2.24, 2.45) is 23.7 Å². The van der Waals surface area contributed by atoms with Crippen LogP contribution >= 0.6 is 0 Å². The molecule has 1 heterocycles. The molecule has 242 valence electrons. The van der Waals surface area contributed by atoms with Crippen molar-refractivity contribution in [3.8, 4) is 0 Å². The van der Waals surface area contributed by atoms with Gasteiger partial charge in [0.05, 0.1) is 13.2 Å². The van der Waals surface area contributed by atoms with Gasteiger partial charge in [-0.05, 0) is 79.9 Å². The first-order valence-corrected chi connectivity index (χ1v) is 16.1. The quantitative estimate of drug-likeness (QED) is 0.180. The van der Waals surface area contributed by atoms with Crippen molar-refractivity contribution < 1.29 is 28.7 Å². The van der Waals surface area contributed by atoms with Crippen molar-refractivity contribution in [1.29, 1.82) is 0 Å². The van der Waals surface area contributed by atoms with E-state index in [0.717, 1.165) is 71.7 Å². The fraction of sp³-hybridized carbons (Fsp3) is 0.444. The summed E-state index contributed by atoms with van der Waals surface area (Å²) in [4.78, 5) is 55.1. The van der Waals surface area contributed by atoms with E-state index in [1.165, 1.54) is 13.5 Å². The molecule has 1 aromatic heterocycles. The second-order valence-electron chi connectivity index (χ2n) is 13.3. The number of ether oxygens (including phenoxy) is 2. The number of para-hydroxylation sites is 1. The molecule has 0 radical (unpaired) electrons. The lowest BCUT2D eigenvalue weighted by Crippen LogP contribution is -2.60. The van der Waals surface area contributed by atoms with Crippen LogP contribution in [0.15, 0.2) is 72.9 Å². The molecule has 2 aromatic carbocycles. The zero-order chi connectivity index (χ0) is 32.3. The molecule has 0 spiro atoms. The van der Waals surface area contributed by atoms with Crippen LogP contribution in [0.4, 0.5) is 4.79 Å². The minimum atomic E-state index is -1.37. The summed E-state index contributed by atoms with van der Waals surface area (Å²) in [6, 6.07) is 16.4. The molecular weight excluding hydrogens is 584 g/mol. The third-order valence-corrected chi connectivity index (χ3v) is 10.0. The van der Waals surface area contributed by atoms with E-state index in [-0.39, 0.29) is 19.1 Å². The molecule has 0 aliphatic heterocycles. The first-order chi connectivity index (χ1) is 22.2. The number of hydrogen-bond acceptors (Lipinski definition) is 6. The molecule has 2 atom stereocenters. The maximum Gasteiger partial charge on any atom is 0.408 e. The number of hydrogen-bond donors (Lipinski definition) is 4. The fourth-order valence-corrected chi connectivity index (χ4v) is 8.04.